The molecule has 11 heavy (non-hydrogen) atoms. The van der Waals surface area contributed by atoms with Crippen LogP contribution in [0.15, 0.2) is 10.9 Å². The predicted molar refractivity (Wildman–Crippen MR) is 53.3 cm³/mol. The predicted octanol–water partition coefficient (Wildman–Crippen LogP) is 0.930. The molecule has 0 spiro atoms. The molecule has 0 aromatic carbocycles. The highest BCUT2D eigenvalue weighted by Gasteiger charge is 2.01. The fourth-order valence-electron chi connectivity index (χ4n) is 1.03. The molecular formula is C7H11IN2O. The average Bonchev–Trinajstić information content (AvgIpc) is 2.17. The lowest BCUT2D eigenvalue weighted by molar-refractivity contribution is 0.517. The number of aromatic nitrogens is 2. The maximum absolute atomic E-state index is 11.2. The molecule has 0 saturated heterocycles. The van der Waals surface area contributed by atoms with Crippen molar-refractivity contribution < 1.29 is 0 Å². The van der Waals surface area contributed by atoms with Gasteiger partial charge in [-0.25, -0.2) is 0 Å². The van der Waals surface area contributed by atoms with E-state index in [2.05, 4.69) is 22.6 Å². The summed E-state index contributed by atoms with van der Waals surface area (Å²) in [6.07, 6.45) is 0. The lowest BCUT2D eigenvalue weighted by atomic mass is 10.5. The summed E-state index contributed by atoms with van der Waals surface area (Å²) < 4.78 is 4.59. The molecule has 0 N–H and O–H groups in total. The van der Waals surface area contributed by atoms with E-state index < -0.39 is 0 Å². The van der Waals surface area contributed by atoms with Crippen molar-refractivity contribution in [1.82, 2.24) is 9.36 Å². The Balaban J connectivity index is 3.12. The highest BCUT2D eigenvalue weighted by atomic mass is 127. The zero-order chi connectivity index (χ0) is 8.43. The lowest BCUT2D eigenvalue weighted by Gasteiger charge is -2.05. The van der Waals surface area contributed by atoms with Gasteiger partial charge in [0.25, 0.3) is 5.56 Å². The van der Waals surface area contributed by atoms with Crippen LogP contribution in [0.5, 0.6) is 0 Å². The second kappa shape index (κ2) is 3.42. The first kappa shape index (κ1) is 8.83. The minimum Gasteiger partial charge on any atom is -0.290 e. The third kappa shape index (κ3) is 1.66. The summed E-state index contributed by atoms with van der Waals surface area (Å²) in [5.41, 5.74) is 1.11. The first-order valence-corrected chi connectivity index (χ1v) is 4.98. The van der Waals surface area contributed by atoms with Crippen LogP contribution in [0.3, 0.4) is 0 Å². The molecule has 0 amide bonds. The Kier molecular flexibility index (Phi) is 2.75. The summed E-state index contributed by atoms with van der Waals surface area (Å²) in [6.45, 7) is 2.73. The van der Waals surface area contributed by atoms with Gasteiger partial charge in [0.1, 0.15) is 0 Å². The fraction of sp³-hybridized carbons (Fsp3) is 0.571. The maximum atomic E-state index is 11.2. The number of alkyl halides is 1. The van der Waals surface area contributed by atoms with Crippen molar-refractivity contribution in [3.05, 3.63) is 22.1 Å². The molecule has 62 valence electrons. The molecule has 1 rings (SSSR count). The Hall–Kier alpha value is -0.260. The van der Waals surface area contributed by atoms with Gasteiger partial charge < -0.3 is 0 Å². The summed E-state index contributed by atoms with van der Waals surface area (Å²) in [7, 11) is 1.91. The minimum atomic E-state index is 0.0988. The molecule has 0 atom stereocenters. The molecule has 0 radical (unpaired) electrons. The van der Waals surface area contributed by atoms with Gasteiger partial charge in [0, 0.05) is 23.2 Å². The van der Waals surface area contributed by atoms with Crippen molar-refractivity contribution in [3.8, 4) is 0 Å². The van der Waals surface area contributed by atoms with Gasteiger partial charge in [-0.05, 0) is 6.92 Å². The number of hydrogen-bond donors (Lipinski definition) is 0. The molecule has 0 aliphatic rings. The van der Waals surface area contributed by atoms with Crippen LogP contribution in [0.1, 0.15) is 5.69 Å². The van der Waals surface area contributed by atoms with Crippen LogP contribution in [0, 0.1) is 6.92 Å². The Labute approximate surface area is 79.1 Å². The van der Waals surface area contributed by atoms with E-state index in [-0.39, 0.29) is 5.56 Å². The Bertz CT molecular complexity index is 300. The molecule has 0 aliphatic carbocycles. The van der Waals surface area contributed by atoms with E-state index in [0.717, 1.165) is 16.7 Å². The summed E-state index contributed by atoms with van der Waals surface area (Å²) in [4.78, 5) is 11.2. The number of aryl methyl sites for hydroxylation is 1. The molecule has 4 heteroatoms. The summed E-state index contributed by atoms with van der Waals surface area (Å²) in [5.74, 6) is 0. The number of nitrogens with zero attached hydrogens (tertiary/aromatic N) is 2. The summed E-state index contributed by atoms with van der Waals surface area (Å²) >= 11 is 2.26. The Morgan fingerprint density at radius 1 is 1.64 bits per heavy atom. The van der Waals surface area contributed by atoms with E-state index in [0.29, 0.717) is 0 Å². The van der Waals surface area contributed by atoms with Gasteiger partial charge >= 0.3 is 0 Å². The third-order valence-corrected chi connectivity index (χ3v) is 2.24. The summed E-state index contributed by atoms with van der Waals surface area (Å²) in [6, 6.07) is 1.66. The van der Waals surface area contributed by atoms with Gasteiger partial charge in [0.05, 0.1) is 6.54 Å². The fourth-order valence-corrected chi connectivity index (χ4v) is 1.48. The van der Waals surface area contributed by atoms with Crippen LogP contribution in [-0.4, -0.2) is 13.8 Å². The van der Waals surface area contributed by atoms with Crippen molar-refractivity contribution in [2.45, 2.75) is 13.5 Å². The second-order valence-corrected chi connectivity index (χ2v) is 3.54. The topological polar surface area (TPSA) is 26.9 Å². The second-order valence-electron chi connectivity index (χ2n) is 2.46. The lowest BCUT2D eigenvalue weighted by Crippen LogP contribution is -2.21. The number of rotatable bonds is 2. The van der Waals surface area contributed by atoms with Crippen molar-refractivity contribution in [2.75, 3.05) is 4.43 Å². The number of halogens is 1. The maximum Gasteiger partial charge on any atom is 0.266 e. The van der Waals surface area contributed by atoms with Gasteiger partial charge in [0.2, 0.25) is 0 Å². The molecule has 1 aromatic rings. The normalized spacial score (nSPS) is 10.5. The third-order valence-electron chi connectivity index (χ3n) is 1.76. The molecule has 0 aliphatic heterocycles. The van der Waals surface area contributed by atoms with Gasteiger partial charge in [-0.1, -0.05) is 22.6 Å². The first-order valence-electron chi connectivity index (χ1n) is 3.46. The van der Waals surface area contributed by atoms with E-state index in [1.807, 2.05) is 18.7 Å². The first-order chi connectivity index (χ1) is 5.16. The molecular weight excluding hydrogens is 255 g/mol. The van der Waals surface area contributed by atoms with Crippen LogP contribution in [0.4, 0.5) is 0 Å². The van der Waals surface area contributed by atoms with E-state index in [1.165, 1.54) is 0 Å². The smallest absolute Gasteiger partial charge is 0.266 e. The van der Waals surface area contributed by atoms with Gasteiger partial charge in [-0.15, -0.1) is 0 Å². The van der Waals surface area contributed by atoms with Crippen LogP contribution in [0.25, 0.3) is 0 Å². The van der Waals surface area contributed by atoms with E-state index >= 15 is 0 Å². The molecule has 0 saturated carbocycles. The monoisotopic (exact) mass is 266 g/mol. The molecule has 1 heterocycles. The molecule has 0 unspecified atom stereocenters. The SMILES string of the molecule is Cc1cc(=O)n(CCI)n1C. The zero-order valence-corrected chi connectivity index (χ0v) is 8.83. The van der Waals surface area contributed by atoms with Gasteiger partial charge in [-0.3, -0.25) is 14.2 Å². The highest BCUT2D eigenvalue weighted by Crippen LogP contribution is 1.93. The van der Waals surface area contributed by atoms with E-state index in [4.69, 9.17) is 0 Å². The van der Waals surface area contributed by atoms with Crippen molar-refractivity contribution in [2.24, 2.45) is 7.05 Å². The Morgan fingerprint density at radius 2 is 2.27 bits per heavy atom. The summed E-state index contributed by atoms with van der Waals surface area (Å²) in [5, 5.41) is 0. The highest BCUT2D eigenvalue weighted by molar-refractivity contribution is 14.1. The largest absolute Gasteiger partial charge is 0.290 e. The van der Waals surface area contributed by atoms with E-state index in [1.54, 1.807) is 10.7 Å². The standard InChI is InChI=1S/C7H11IN2O/c1-6-5-7(11)10(4-3-8)9(6)2/h5H,3-4H2,1-2H3. The van der Waals surface area contributed by atoms with Crippen LogP contribution >= 0.6 is 22.6 Å². The molecule has 0 bridgehead atoms. The molecule has 0 fully saturated rings. The van der Waals surface area contributed by atoms with E-state index in [9.17, 15) is 4.79 Å². The van der Waals surface area contributed by atoms with Crippen molar-refractivity contribution >= 4 is 22.6 Å². The zero-order valence-electron chi connectivity index (χ0n) is 6.67. The van der Waals surface area contributed by atoms with Gasteiger partial charge in [0.15, 0.2) is 0 Å². The van der Waals surface area contributed by atoms with Crippen LogP contribution in [0.2, 0.25) is 0 Å². The number of hydrogen-bond acceptors (Lipinski definition) is 1. The van der Waals surface area contributed by atoms with Crippen molar-refractivity contribution in [1.29, 1.82) is 0 Å². The van der Waals surface area contributed by atoms with Crippen LogP contribution < -0.4 is 5.56 Å². The molecule has 1 aromatic heterocycles. The Morgan fingerprint density at radius 3 is 2.64 bits per heavy atom. The minimum absolute atomic E-state index is 0.0988. The van der Waals surface area contributed by atoms with Crippen LogP contribution in [-0.2, 0) is 13.6 Å². The average molecular weight is 266 g/mol. The quantitative estimate of drug-likeness (QED) is 0.578. The van der Waals surface area contributed by atoms with Gasteiger partial charge in [-0.2, -0.15) is 0 Å². The van der Waals surface area contributed by atoms with Crippen molar-refractivity contribution in [3.63, 3.8) is 0 Å². The molecule has 3 nitrogen and oxygen atoms in total.